The third-order valence-corrected chi connectivity index (χ3v) is 4.97. The molecule has 0 saturated carbocycles. The Labute approximate surface area is 166 Å². The van der Waals surface area contributed by atoms with Gasteiger partial charge in [-0.25, -0.2) is 0 Å². The summed E-state index contributed by atoms with van der Waals surface area (Å²) in [4.78, 5) is 26.0. The van der Waals surface area contributed by atoms with Crippen molar-refractivity contribution >= 4 is 29.8 Å². The fraction of sp³-hybridized carbons (Fsp3) is 0.333. The highest BCUT2D eigenvalue weighted by Gasteiger charge is 2.33. The van der Waals surface area contributed by atoms with E-state index in [4.69, 9.17) is 5.73 Å². The van der Waals surface area contributed by atoms with Crippen LogP contribution in [0.2, 0.25) is 0 Å². The van der Waals surface area contributed by atoms with Gasteiger partial charge in [-0.15, -0.1) is 12.4 Å². The topological polar surface area (TPSA) is 75.4 Å². The van der Waals surface area contributed by atoms with Crippen molar-refractivity contribution in [2.24, 2.45) is 11.7 Å². The maximum Gasteiger partial charge on any atom is 0.238 e. The number of carbonyl (C=O) groups excluding carboxylic acids is 2. The fourth-order valence-electron chi connectivity index (χ4n) is 3.63. The smallest absolute Gasteiger partial charge is 0.238 e. The number of Topliss-reactive ketones (excluding diaryl/α,β-unsaturated/α-hetero) is 1. The summed E-state index contributed by atoms with van der Waals surface area (Å²) in [5.41, 5.74) is 8.49. The Balaban J connectivity index is 0.00000261. The van der Waals surface area contributed by atoms with Gasteiger partial charge in [-0.1, -0.05) is 42.5 Å². The van der Waals surface area contributed by atoms with E-state index in [-0.39, 0.29) is 24.1 Å². The van der Waals surface area contributed by atoms with E-state index in [9.17, 15) is 9.59 Å². The van der Waals surface area contributed by atoms with Gasteiger partial charge in [-0.3, -0.25) is 14.5 Å². The maximum absolute atomic E-state index is 12.4. The zero-order valence-electron chi connectivity index (χ0n) is 15.4. The molecule has 27 heavy (non-hydrogen) atoms. The molecule has 144 valence electrons. The number of amides is 1. The predicted octanol–water partition coefficient (Wildman–Crippen LogP) is 2.92. The summed E-state index contributed by atoms with van der Waals surface area (Å²) in [5, 5.41) is 2.89. The number of likely N-dealkylation sites (tertiary alicyclic amines) is 1. The number of nitrogens with zero attached hydrogens (tertiary/aromatic N) is 1. The molecular formula is C21H26ClN3O2. The molecule has 3 N–H and O–H groups in total. The Morgan fingerprint density at radius 3 is 2.52 bits per heavy atom. The monoisotopic (exact) mass is 387 g/mol. The lowest BCUT2D eigenvalue weighted by Crippen LogP contribution is -2.32. The molecule has 2 aromatic carbocycles. The summed E-state index contributed by atoms with van der Waals surface area (Å²) < 4.78 is 0. The number of nitrogens with two attached hydrogens (primary N) is 1. The third kappa shape index (κ3) is 5.39. The van der Waals surface area contributed by atoms with E-state index >= 15 is 0 Å². The van der Waals surface area contributed by atoms with Gasteiger partial charge in [0.1, 0.15) is 0 Å². The highest BCUT2D eigenvalue weighted by Crippen LogP contribution is 2.31. The van der Waals surface area contributed by atoms with E-state index in [1.165, 1.54) is 12.5 Å². The molecular weight excluding hydrogens is 362 g/mol. The minimum atomic E-state index is -0.0739. The zero-order chi connectivity index (χ0) is 18.5. The number of halogens is 1. The molecule has 2 atom stereocenters. The van der Waals surface area contributed by atoms with Crippen molar-refractivity contribution in [1.82, 2.24) is 4.90 Å². The van der Waals surface area contributed by atoms with Gasteiger partial charge in [0.15, 0.2) is 5.78 Å². The zero-order valence-corrected chi connectivity index (χ0v) is 16.2. The summed E-state index contributed by atoms with van der Waals surface area (Å²) in [7, 11) is 0. The number of carbonyl (C=O) groups is 2. The Bertz CT molecular complexity index is 782. The highest BCUT2D eigenvalue weighted by molar-refractivity contribution is 5.97. The van der Waals surface area contributed by atoms with Crippen LogP contribution in [0, 0.1) is 5.92 Å². The minimum absolute atomic E-state index is 0. The largest absolute Gasteiger partial charge is 0.330 e. The predicted molar refractivity (Wildman–Crippen MR) is 110 cm³/mol. The molecule has 1 heterocycles. The van der Waals surface area contributed by atoms with Crippen molar-refractivity contribution in [3.8, 4) is 0 Å². The molecule has 0 aromatic heterocycles. The van der Waals surface area contributed by atoms with Gasteiger partial charge in [0, 0.05) is 30.3 Å². The standard InChI is InChI=1S/C21H25N3O2.ClH/c1-15(25)17-8-5-9-19(10-17)23-21(26)14-24-12-18(11-22)20(13-24)16-6-3-2-4-7-16;/h2-10,18,20H,11-14,22H2,1H3,(H,23,26);1H/t18-,20+;/m1./s1. The second-order valence-electron chi connectivity index (χ2n) is 6.89. The quantitative estimate of drug-likeness (QED) is 0.747. The number of benzene rings is 2. The van der Waals surface area contributed by atoms with Crippen molar-refractivity contribution < 1.29 is 9.59 Å². The van der Waals surface area contributed by atoms with Crippen molar-refractivity contribution in [3.05, 3.63) is 65.7 Å². The normalized spacial score (nSPS) is 19.3. The summed E-state index contributed by atoms with van der Waals surface area (Å²) in [6.07, 6.45) is 0. The van der Waals surface area contributed by atoms with Crippen molar-refractivity contribution in [3.63, 3.8) is 0 Å². The average Bonchev–Trinajstić information content (AvgIpc) is 3.05. The van der Waals surface area contributed by atoms with Crippen LogP contribution in [0.15, 0.2) is 54.6 Å². The molecule has 1 aliphatic heterocycles. The van der Waals surface area contributed by atoms with E-state index < -0.39 is 0 Å². The SMILES string of the molecule is CC(=O)c1cccc(NC(=O)CN2C[C@@H](CN)[C@H](c3ccccc3)C2)c1.Cl. The Morgan fingerprint density at radius 1 is 1.11 bits per heavy atom. The second-order valence-corrected chi connectivity index (χ2v) is 6.89. The van der Waals surface area contributed by atoms with Gasteiger partial charge in [0.2, 0.25) is 5.91 Å². The van der Waals surface area contributed by atoms with Crippen LogP contribution in [0.3, 0.4) is 0 Å². The Kier molecular flexibility index (Phi) is 7.54. The van der Waals surface area contributed by atoms with Crippen molar-refractivity contribution in [2.45, 2.75) is 12.8 Å². The van der Waals surface area contributed by atoms with E-state index in [1.807, 2.05) is 18.2 Å². The number of hydrogen-bond donors (Lipinski definition) is 2. The van der Waals surface area contributed by atoms with Crippen LogP contribution in [-0.2, 0) is 4.79 Å². The second kappa shape index (κ2) is 9.65. The van der Waals surface area contributed by atoms with Gasteiger partial charge in [0.05, 0.1) is 6.54 Å². The maximum atomic E-state index is 12.4. The molecule has 0 unspecified atom stereocenters. The van der Waals surface area contributed by atoms with E-state index in [0.717, 1.165) is 13.1 Å². The molecule has 1 aliphatic rings. The van der Waals surface area contributed by atoms with Crippen molar-refractivity contribution in [2.75, 3.05) is 31.5 Å². The van der Waals surface area contributed by atoms with Gasteiger partial charge in [0.25, 0.3) is 0 Å². The number of ketones is 1. The molecule has 3 rings (SSSR count). The molecule has 0 radical (unpaired) electrons. The van der Waals surface area contributed by atoms with Gasteiger partial charge in [-0.2, -0.15) is 0 Å². The van der Waals surface area contributed by atoms with Gasteiger partial charge < -0.3 is 11.1 Å². The number of rotatable bonds is 6. The first-order valence-corrected chi connectivity index (χ1v) is 8.95. The molecule has 6 heteroatoms. The number of hydrogen-bond acceptors (Lipinski definition) is 4. The molecule has 1 amide bonds. The third-order valence-electron chi connectivity index (χ3n) is 4.97. The Morgan fingerprint density at radius 2 is 1.85 bits per heavy atom. The molecule has 0 spiro atoms. The summed E-state index contributed by atoms with van der Waals surface area (Å²) in [6.45, 7) is 4.09. The van der Waals surface area contributed by atoms with E-state index in [2.05, 4.69) is 22.3 Å². The first-order chi connectivity index (χ1) is 12.6. The highest BCUT2D eigenvalue weighted by atomic mass is 35.5. The summed E-state index contributed by atoms with van der Waals surface area (Å²) in [5.74, 6) is 0.619. The van der Waals surface area contributed by atoms with Crippen molar-refractivity contribution in [1.29, 1.82) is 0 Å². The number of nitrogens with one attached hydrogen (secondary N) is 1. The number of anilines is 1. The molecule has 2 aromatic rings. The van der Waals surface area contributed by atoms with Crippen LogP contribution in [-0.4, -0.2) is 42.8 Å². The average molecular weight is 388 g/mol. The molecule has 0 bridgehead atoms. The van der Waals surface area contributed by atoms with Crippen LogP contribution in [0.25, 0.3) is 0 Å². The van der Waals surface area contributed by atoms with Crippen LogP contribution >= 0.6 is 12.4 Å². The first kappa shape index (κ1) is 21.1. The van der Waals surface area contributed by atoms with Gasteiger partial charge in [-0.05, 0) is 37.1 Å². The summed E-state index contributed by atoms with van der Waals surface area (Å²) in [6, 6.07) is 17.4. The first-order valence-electron chi connectivity index (χ1n) is 8.95. The molecule has 0 aliphatic carbocycles. The van der Waals surface area contributed by atoms with Crippen LogP contribution in [0.5, 0.6) is 0 Å². The minimum Gasteiger partial charge on any atom is -0.330 e. The van der Waals surface area contributed by atoms with E-state index in [1.54, 1.807) is 24.3 Å². The van der Waals surface area contributed by atoms with E-state index in [0.29, 0.717) is 36.2 Å². The molecule has 1 saturated heterocycles. The van der Waals surface area contributed by atoms with Crippen LogP contribution < -0.4 is 11.1 Å². The Hall–Kier alpha value is -2.21. The lowest BCUT2D eigenvalue weighted by Gasteiger charge is -2.16. The molecule has 5 nitrogen and oxygen atoms in total. The summed E-state index contributed by atoms with van der Waals surface area (Å²) >= 11 is 0. The molecule has 1 fully saturated rings. The lowest BCUT2D eigenvalue weighted by atomic mass is 9.89. The fourth-order valence-corrected chi connectivity index (χ4v) is 3.63. The van der Waals surface area contributed by atoms with Crippen LogP contribution in [0.1, 0.15) is 28.8 Å². The van der Waals surface area contributed by atoms with Gasteiger partial charge >= 0.3 is 0 Å². The lowest BCUT2D eigenvalue weighted by molar-refractivity contribution is -0.117. The van der Waals surface area contributed by atoms with Crippen LogP contribution in [0.4, 0.5) is 5.69 Å².